The third kappa shape index (κ3) is 2.87. The molecule has 0 aromatic heterocycles. The lowest BCUT2D eigenvalue weighted by atomic mass is 10.1. The molecule has 6 heteroatoms. The maximum atomic E-state index is 13.7. The molecule has 0 bridgehead atoms. The molecule has 2 aliphatic rings. The van der Waals surface area contributed by atoms with Crippen LogP contribution in [0.1, 0.15) is 30.1 Å². The highest BCUT2D eigenvalue weighted by atomic mass is 79.9. The van der Waals surface area contributed by atoms with E-state index >= 15 is 0 Å². The molecule has 1 aromatic carbocycles. The highest BCUT2D eigenvalue weighted by molar-refractivity contribution is 9.10. The summed E-state index contributed by atoms with van der Waals surface area (Å²) in [5.41, 5.74) is 0.652. The van der Waals surface area contributed by atoms with Gasteiger partial charge >= 0.3 is 0 Å². The number of Topliss-reactive ketones (excluding diaryl/α,β-unsaturated/α-hetero) is 1. The second-order valence-electron chi connectivity index (χ2n) is 5.82. The van der Waals surface area contributed by atoms with Gasteiger partial charge in [0.05, 0.1) is 15.7 Å². The van der Waals surface area contributed by atoms with Gasteiger partial charge < -0.3 is 10.2 Å². The molecule has 1 amide bonds. The number of ketones is 1. The molecule has 0 spiro atoms. The van der Waals surface area contributed by atoms with Gasteiger partial charge in [-0.25, -0.2) is 4.39 Å². The molecule has 1 fully saturated rings. The number of hydrogen-bond donors (Lipinski definition) is 1. The summed E-state index contributed by atoms with van der Waals surface area (Å²) < 4.78 is 13.9. The molecule has 1 unspecified atom stereocenters. The van der Waals surface area contributed by atoms with Crippen molar-refractivity contribution in [2.24, 2.45) is 5.92 Å². The summed E-state index contributed by atoms with van der Waals surface area (Å²) in [6.07, 6.45) is 2.41. The number of carbonyl (C=O) groups is 2. The number of hydrogen-bond acceptors (Lipinski definition) is 3. The lowest BCUT2D eigenvalue weighted by Crippen LogP contribution is -2.37. The van der Waals surface area contributed by atoms with Crippen LogP contribution >= 0.6 is 15.9 Å². The first-order valence-electron chi connectivity index (χ1n) is 7.06. The van der Waals surface area contributed by atoms with Crippen LogP contribution in [0.4, 0.5) is 10.1 Å². The minimum absolute atomic E-state index is 0.194. The van der Waals surface area contributed by atoms with E-state index in [1.807, 2.05) is 6.92 Å². The summed E-state index contributed by atoms with van der Waals surface area (Å²) >= 11 is 3.05. The Balaban J connectivity index is 1.78. The van der Waals surface area contributed by atoms with Gasteiger partial charge in [0, 0.05) is 12.6 Å². The van der Waals surface area contributed by atoms with Crippen molar-refractivity contribution in [1.82, 2.24) is 5.32 Å². The van der Waals surface area contributed by atoms with E-state index in [0.29, 0.717) is 18.3 Å². The predicted octanol–water partition coefficient (Wildman–Crippen LogP) is 2.51. The van der Waals surface area contributed by atoms with Crippen LogP contribution in [0.3, 0.4) is 0 Å². The summed E-state index contributed by atoms with van der Waals surface area (Å²) in [4.78, 5) is 25.5. The van der Waals surface area contributed by atoms with Gasteiger partial charge in [-0.05, 0) is 53.4 Å². The van der Waals surface area contributed by atoms with E-state index in [1.165, 1.54) is 29.9 Å². The van der Waals surface area contributed by atoms with Crippen LogP contribution in [0.15, 0.2) is 16.6 Å². The summed E-state index contributed by atoms with van der Waals surface area (Å²) in [5, 5.41) is 3.40. The van der Waals surface area contributed by atoms with Gasteiger partial charge in [0.1, 0.15) is 5.82 Å². The van der Waals surface area contributed by atoms with Gasteiger partial charge in [-0.15, -0.1) is 0 Å². The van der Waals surface area contributed by atoms with Crippen molar-refractivity contribution in [2.45, 2.75) is 25.8 Å². The minimum Gasteiger partial charge on any atom is -0.314 e. The van der Waals surface area contributed by atoms with Crippen LogP contribution in [-0.4, -0.2) is 30.8 Å². The maximum absolute atomic E-state index is 13.7. The van der Waals surface area contributed by atoms with Crippen molar-refractivity contribution < 1.29 is 14.0 Å². The number of rotatable bonds is 5. The molecule has 1 aliphatic carbocycles. The zero-order valence-electron chi connectivity index (χ0n) is 11.7. The molecule has 21 heavy (non-hydrogen) atoms. The number of amides is 1. The molecule has 1 atom stereocenters. The molecule has 0 radical (unpaired) electrons. The predicted molar refractivity (Wildman–Crippen MR) is 81.0 cm³/mol. The van der Waals surface area contributed by atoms with E-state index < -0.39 is 17.5 Å². The average Bonchev–Trinajstić information content (AvgIpc) is 3.24. The van der Waals surface area contributed by atoms with E-state index in [9.17, 15) is 14.0 Å². The third-order valence-corrected chi connectivity index (χ3v) is 4.45. The second-order valence-corrected chi connectivity index (χ2v) is 6.67. The van der Waals surface area contributed by atoms with Crippen LogP contribution in [0.2, 0.25) is 0 Å². The summed E-state index contributed by atoms with van der Waals surface area (Å²) in [6, 6.07) is 3.24. The first kappa shape index (κ1) is 14.7. The Hall–Kier alpha value is -1.27. The molecule has 3 rings (SSSR count). The molecular formula is C15H16BrFN2O2. The number of nitrogens with one attached hydrogen (secondary N) is 1. The lowest BCUT2D eigenvalue weighted by Gasteiger charge is -2.21. The van der Waals surface area contributed by atoms with Gasteiger partial charge in [-0.1, -0.05) is 6.92 Å². The smallest absolute Gasteiger partial charge is 0.299 e. The maximum Gasteiger partial charge on any atom is 0.299 e. The number of benzene rings is 1. The zero-order valence-corrected chi connectivity index (χ0v) is 13.2. The third-order valence-electron chi connectivity index (χ3n) is 3.84. The fraction of sp³-hybridized carbons (Fsp3) is 0.467. The van der Waals surface area contributed by atoms with Gasteiger partial charge in [-0.3, -0.25) is 9.59 Å². The van der Waals surface area contributed by atoms with Crippen LogP contribution in [0, 0.1) is 11.7 Å². The van der Waals surface area contributed by atoms with E-state index in [-0.39, 0.29) is 16.0 Å². The Morgan fingerprint density at radius 3 is 2.81 bits per heavy atom. The first-order valence-corrected chi connectivity index (χ1v) is 7.85. The van der Waals surface area contributed by atoms with E-state index in [1.54, 1.807) is 0 Å². The van der Waals surface area contributed by atoms with Gasteiger partial charge in [-0.2, -0.15) is 0 Å². The fourth-order valence-corrected chi connectivity index (χ4v) is 2.84. The van der Waals surface area contributed by atoms with Crippen molar-refractivity contribution in [3.05, 3.63) is 28.0 Å². The summed E-state index contributed by atoms with van der Waals surface area (Å²) in [5.74, 6) is -1.40. The molecule has 1 aliphatic heterocycles. The molecule has 1 N–H and O–H groups in total. The molecule has 1 heterocycles. The quantitative estimate of drug-likeness (QED) is 0.826. The van der Waals surface area contributed by atoms with Gasteiger partial charge in [0.25, 0.3) is 11.7 Å². The molecule has 0 saturated heterocycles. The Morgan fingerprint density at radius 1 is 1.43 bits per heavy atom. The highest BCUT2D eigenvalue weighted by Gasteiger charge is 2.37. The lowest BCUT2D eigenvalue weighted by molar-refractivity contribution is -0.114. The van der Waals surface area contributed by atoms with Crippen molar-refractivity contribution in [3.8, 4) is 0 Å². The first-order chi connectivity index (χ1) is 9.97. The van der Waals surface area contributed by atoms with Gasteiger partial charge in [0.2, 0.25) is 0 Å². The summed E-state index contributed by atoms with van der Waals surface area (Å²) in [6.45, 7) is 3.22. The SMILES string of the molecule is CC(CNC1CC1)CN1C(=O)C(=O)c2cc(Br)c(F)cc21. The van der Waals surface area contributed by atoms with Crippen molar-refractivity contribution >= 4 is 33.3 Å². The number of halogens is 2. The van der Waals surface area contributed by atoms with Crippen LogP contribution in [0.25, 0.3) is 0 Å². The molecule has 112 valence electrons. The number of carbonyl (C=O) groups excluding carboxylic acids is 2. The Labute approximate surface area is 130 Å². The van der Waals surface area contributed by atoms with Crippen LogP contribution < -0.4 is 10.2 Å². The van der Waals surface area contributed by atoms with Crippen LogP contribution in [-0.2, 0) is 4.79 Å². The van der Waals surface area contributed by atoms with Gasteiger partial charge in [0.15, 0.2) is 0 Å². The zero-order chi connectivity index (χ0) is 15.1. The largest absolute Gasteiger partial charge is 0.314 e. The molecule has 1 saturated carbocycles. The normalized spacial score (nSPS) is 19.1. The molecule has 1 aromatic rings. The highest BCUT2D eigenvalue weighted by Crippen LogP contribution is 2.33. The Morgan fingerprint density at radius 2 is 2.14 bits per heavy atom. The second kappa shape index (κ2) is 5.50. The summed E-state index contributed by atoms with van der Waals surface area (Å²) in [7, 11) is 0. The van der Waals surface area contributed by atoms with Crippen molar-refractivity contribution in [3.63, 3.8) is 0 Å². The van der Waals surface area contributed by atoms with Crippen molar-refractivity contribution in [1.29, 1.82) is 0 Å². The molecular weight excluding hydrogens is 339 g/mol. The standard InChI is InChI=1S/C15H16BrFN2O2/c1-8(6-18-9-2-3-9)7-19-13-5-12(17)11(16)4-10(13)14(20)15(19)21/h4-5,8-9,18H,2-3,6-7H2,1H3. The average molecular weight is 355 g/mol. The monoisotopic (exact) mass is 354 g/mol. The van der Waals surface area contributed by atoms with E-state index in [0.717, 1.165) is 6.54 Å². The van der Waals surface area contributed by atoms with E-state index in [2.05, 4.69) is 21.2 Å². The van der Waals surface area contributed by atoms with Crippen molar-refractivity contribution in [2.75, 3.05) is 18.0 Å². The Kier molecular flexibility index (Phi) is 3.84. The van der Waals surface area contributed by atoms with Crippen LogP contribution in [0.5, 0.6) is 0 Å². The number of anilines is 1. The Bertz CT molecular complexity index is 616. The number of fused-ring (bicyclic) bond motifs is 1. The number of nitrogens with zero attached hydrogens (tertiary/aromatic N) is 1. The minimum atomic E-state index is -0.569. The van der Waals surface area contributed by atoms with E-state index in [4.69, 9.17) is 0 Å². The topological polar surface area (TPSA) is 49.4 Å². The fourth-order valence-electron chi connectivity index (χ4n) is 2.50. The molecule has 4 nitrogen and oxygen atoms in total.